The second-order valence-electron chi connectivity index (χ2n) is 5.57. The number of nitrogens with zero attached hydrogens (tertiary/aromatic N) is 1. The predicted molar refractivity (Wildman–Crippen MR) is 76.0 cm³/mol. The molecule has 3 rings (SSSR count). The Bertz CT molecular complexity index is 510. The summed E-state index contributed by atoms with van der Waals surface area (Å²) in [4.78, 5) is 14.4. The summed E-state index contributed by atoms with van der Waals surface area (Å²) in [6.45, 7) is 0.861. The molecule has 1 aliphatic heterocycles. The third-order valence-corrected chi connectivity index (χ3v) is 4.26. The molecular formula is C16H21NO3. The molecule has 1 unspecified atom stereocenters. The number of hydrogen-bond donors (Lipinski definition) is 0. The van der Waals surface area contributed by atoms with Crippen LogP contribution in [0, 0.1) is 5.92 Å². The van der Waals surface area contributed by atoms with Gasteiger partial charge < -0.3 is 14.4 Å². The minimum absolute atomic E-state index is 0.133. The first kappa shape index (κ1) is 13.3. The summed E-state index contributed by atoms with van der Waals surface area (Å²) in [6, 6.07) is 5.95. The van der Waals surface area contributed by atoms with Gasteiger partial charge in [0.2, 0.25) is 5.91 Å². The smallest absolute Gasteiger partial charge is 0.226 e. The lowest BCUT2D eigenvalue weighted by Gasteiger charge is -2.26. The molecule has 0 bridgehead atoms. The number of methoxy groups -OCH3 is 2. The molecule has 4 heteroatoms. The first-order valence-corrected chi connectivity index (χ1v) is 7.27. The van der Waals surface area contributed by atoms with E-state index >= 15 is 0 Å². The lowest BCUT2D eigenvalue weighted by Crippen LogP contribution is -2.31. The molecule has 0 N–H and O–H groups in total. The van der Waals surface area contributed by atoms with Crippen LogP contribution in [0.5, 0.6) is 11.5 Å². The number of likely N-dealkylation sites (tertiary alicyclic amines) is 1. The monoisotopic (exact) mass is 275 g/mol. The van der Waals surface area contributed by atoms with Gasteiger partial charge in [-0.25, -0.2) is 0 Å². The first-order valence-electron chi connectivity index (χ1n) is 7.27. The van der Waals surface area contributed by atoms with Gasteiger partial charge in [0.25, 0.3) is 0 Å². The second kappa shape index (κ2) is 5.35. The average Bonchev–Trinajstić information content (AvgIpc) is 3.22. The van der Waals surface area contributed by atoms with E-state index in [1.165, 1.54) is 0 Å². The van der Waals surface area contributed by atoms with Crippen molar-refractivity contribution in [1.82, 2.24) is 4.90 Å². The van der Waals surface area contributed by atoms with Crippen molar-refractivity contribution in [2.24, 2.45) is 5.92 Å². The summed E-state index contributed by atoms with van der Waals surface area (Å²) in [5, 5.41) is 0. The van der Waals surface area contributed by atoms with Gasteiger partial charge in [0, 0.05) is 18.0 Å². The van der Waals surface area contributed by atoms with Crippen molar-refractivity contribution in [3.63, 3.8) is 0 Å². The van der Waals surface area contributed by atoms with Crippen LogP contribution in [0.25, 0.3) is 0 Å². The van der Waals surface area contributed by atoms with E-state index in [1.54, 1.807) is 14.2 Å². The molecule has 0 aromatic heterocycles. The Morgan fingerprint density at radius 3 is 2.65 bits per heavy atom. The molecule has 2 fully saturated rings. The van der Waals surface area contributed by atoms with Crippen molar-refractivity contribution in [2.75, 3.05) is 20.8 Å². The van der Waals surface area contributed by atoms with Crippen molar-refractivity contribution in [1.29, 1.82) is 0 Å². The normalized spacial score (nSPS) is 21.9. The molecule has 0 spiro atoms. The molecule has 1 atom stereocenters. The predicted octanol–water partition coefficient (Wildman–Crippen LogP) is 2.78. The van der Waals surface area contributed by atoms with Gasteiger partial charge in [-0.1, -0.05) is 0 Å². The van der Waals surface area contributed by atoms with Crippen LogP contribution in [0.1, 0.15) is 37.3 Å². The molecule has 4 nitrogen and oxygen atoms in total. The summed E-state index contributed by atoms with van der Waals surface area (Å²) in [5.74, 6) is 2.24. The molecule has 1 heterocycles. The highest BCUT2D eigenvalue weighted by Gasteiger charge is 2.39. The Hall–Kier alpha value is -1.71. The summed E-state index contributed by atoms with van der Waals surface area (Å²) in [5.41, 5.74) is 1.07. The zero-order valence-electron chi connectivity index (χ0n) is 12.1. The van der Waals surface area contributed by atoms with Crippen LogP contribution in [0.3, 0.4) is 0 Å². The van der Waals surface area contributed by atoms with Crippen LogP contribution in [0.4, 0.5) is 0 Å². The number of benzene rings is 1. The third kappa shape index (κ3) is 2.35. The Kier molecular flexibility index (Phi) is 3.55. The number of rotatable bonds is 4. The Labute approximate surface area is 119 Å². The third-order valence-electron chi connectivity index (χ3n) is 4.26. The zero-order chi connectivity index (χ0) is 14.1. The molecular weight excluding hydrogens is 254 g/mol. The summed E-state index contributed by atoms with van der Waals surface area (Å²) < 4.78 is 10.8. The average molecular weight is 275 g/mol. The highest BCUT2D eigenvalue weighted by molar-refractivity contribution is 5.82. The summed E-state index contributed by atoms with van der Waals surface area (Å²) in [6.07, 6.45) is 4.17. The van der Waals surface area contributed by atoms with Crippen LogP contribution in [0.15, 0.2) is 18.2 Å². The highest BCUT2D eigenvalue weighted by Crippen LogP contribution is 2.42. The van der Waals surface area contributed by atoms with Gasteiger partial charge in [-0.3, -0.25) is 4.79 Å². The lowest BCUT2D eigenvalue weighted by atomic mass is 10.0. The van der Waals surface area contributed by atoms with E-state index in [1.807, 2.05) is 23.1 Å². The number of carbonyl (C=O) groups is 1. The van der Waals surface area contributed by atoms with Crippen LogP contribution in [-0.2, 0) is 4.79 Å². The minimum Gasteiger partial charge on any atom is -0.497 e. The van der Waals surface area contributed by atoms with Crippen molar-refractivity contribution in [3.05, 3.63) is 23.8 Å². The number of hydrogen-bond acceptors (Lipinski definition) is 3. The molecule has 1 aromatic carbocycles. The summed E-state index contributed by atoms with van der Waals surface area (Å²) in [7, 11) is 3.33. The van der Waals surface area contributed by atoms with Crippen molar-refractivity contribution >= 4 is 5.91 Å². The topological polar surface area (TPSA) is 38.8 Å². The molecule has 108 valence electrons. The fraction of sp³-hybridized carbons (Fsp3) is 0.562. The molecule has 2 aliphatic rings. The molecule has 1 aromatic rings. The molecule has 0 radical (unpaired) electrons. The van der Waals surface area contributed by atoms with Crippen LogP contribution < -0.4 is 9.47 Å². The van der Waals surface area contributed by atoms with Gasteiger partial charge in [0.05, 0.1) is 20.3 Å². The first-order chi connectivity index (χ1) is 9.74. The quantitative estimate of drug-likeness (QED) is 0.848. The SMILES string of the molecule is COc1ccc(OC)c(C2CCCN2C(=O)C2CC2)c1. The zero-order valence-corrected chi connectivity index (χ0v) is 12.1. The van der Waals surface area contributed by atoms with Gasteiger partial charge in [0.15, 0.2) is 0 Å². The van der Waals surface area contributed by atoms with Crippen LogP contribution in [-0.4, -0.2) is 31.6 Å². The molecule has 20 heavy (non-hydrogen) atoms. The Morgan fingerprint density at radius 2 is 2.00 bits per heavy atom. The van der Waals surface area contributed by atoms with E-state index in [0.717, 1.165) is 49.3 Å². The minimum atomic E-state index is 0.133. The highest BCUT2D eigenvalue weighted by atomic mass is 16.5. The standard InChI is InChI=1S/C16H21NO3/c1-19-12-7-8-15(20-2)13(10-12)14-4-3-9-17(14)16(18)11-5-6-11/h7-8,10-11,14H,3-6,9H2,1-2H3. The van der Waals surface area contributed by atoms with Gasteiger partial charge in [-0.2, -0.15) is 0 Å². The van der Waals surface area contributed by atoms with Crippen molar-refractivity contribution < 1.29 is 14.3 Å². The van der Waals surface area contributed by atoms with Gasteiger partial charge in [-0.05, 0) is 43.9 Å². The largest absolute Gasteiger partial charge is 0.497 e. The van der Waals surface area contributed by atoms with Crippen molar-refractivity contribution in [2.45, 2.75) is 31.7 Å². The van der Waals surface area contributed by atoms with Gasteiger partial charge in [0.1, 0.15) is 11.5 Å². The van der Waals surface area contributed by atoms with Crippen molar-refractivity contribution in [3.8, 4) is 11.5 Å². The lowest BCUT2D eigenvalue weighted by molar-refractivity contribution is -0.133. The maximum absolute atomic E-state index is 12.4. The number of carbonyl (C=O) groups excluding carboxylic acids is 1. The van der Waals surface area contributed by atoms with Gasteiger partial charge >= 0.3 is 0 Å². The van der Waals surface area contributed by atoms with E-state index in [9.17, 15) is 4.79 Å². The van der Waals surface area contributed by atoms with Crippen LogP contribution >= 0.6 is 0 Å². The maximum atomic E-state index is 12.4. The number of amides is 1. The fourth-order valence-corrected chi connectivity index (χ4v) is 3.02. The number of ether oxygens (including phenoxy) is 2. The fourth-order valence-electron chi connectivity index (χ4n) is 3.02. The second-order valence-corrected chi connectivity index (χ2v) is 5.57. The van der Waals surface area contributed by atoms with E-state index in [0.29, 0.717) is 5.91 Å². The van der Waals surface area contributed by atoms with E-state index < -0.39 is 0 Å². The maximum Gasteiger partial charge on any atom is 0.226 e. The molecule has 1 saturated carbocycles. The molecule has 1 amide bonds. The van der Waals surface area contributed by atoms with E-state index in [4.69, 9.17) is 9.47 Å². The van der Waals surface area contributed by atoms with E-state index in [2.05, 4.69) is 0 Å². The van der Waals surface area contributed by atoms with E-state index in [-0.39, 0.29) is 12.0 Å². The Balaban J connectivity index is 1.91. The van der Waals surface area contributed by atoms with Crippen LogP contribution in [0.2, 0.25) is 0 Å². The molecule has 1 saturated heterocycles. The Morgan fingerprint density at radius 1 is 1.20 bits per heavy atom. The molecule has 1 aliphatic carbocycles. The van der Waals surface area contributed by atoms with Gasteiger partial charge in [-0.15, -0.1) is 0 Å². The summed E-state index contributed by atoms with van der Waals surface area (Å²) >= 11 is 0.